The average Bonchev–Trinajstić information content (AvgIpc) is 2.38. The zero-order chi connectivity index (χ0) is 13.1. The van der Waals surface area contributed by atoms with Crippen molar-refractivity contribution in [2.45, 2.75) is 13.0 Å². The van der Waals surface area contributed by atoms with E-state index in [9.17, 15) is 4.39 Å². The van der Waals surface area contributed by atoms with Crippen molar-refractivity contribution in [3.05, 3.63) is 47.9 Å². The maximum Gasteiger partial charge on any atom is 0.212 e. The van der Waals surface area contributed by atoms with Crippen molar-refractivity contribution in [3.8, 4) is 17.0 Å². The van der Waals surface area contributed by atoms with Gasteiger partial charge in [-0.15, -0.1) is 0 Å². The Kier molecular flexibility index (Phi) is 3.58. The molecule has 0 aliphatic heterocycles. The van der Waals surface area contributed by atoms with Gasteiger partial charge in [0.05, 0.1) is 7.11 Å². The van der Waals surface area contributed by atoms with Crippen molar-refractivity contribution < 1.29 is 9.13 Å². The van der Waals surface area contributed by atoms with Crippen LogP contribution in [0.4, 0.5) is 4.39 Å². The Morgan fingerprint density at radius 1 is 1.28 bits per heavy atom. The standard InChI is InChI=1S/C14H15FN2O/c1-9(16)12-5-4-11(15)7-13(12)10-3-6-14(18-2)17-8-10/h3-9H,16H2,1-2H3. The number of halogens is 1. The minimum absolute atomic E-state index is 0.164. The number of nitrogens with zero attached hydrogens (tertiary/aromatic N) is 1. The summed E-state index contributed by atoms with van der Waals surface area (Å²) in [5, 5.41) is 0. The molecule has 0 spiro atoms. The zero-order valence-electron chi connectivity index (χ0n) is 10.4. The SMILES string of the molecule is COc1ccc(-c2cc(F)ccc2C(C)N)cn1. The van der Waals surface area contributed by atoms with Crippen LogP contribution in [-0.2, 0) is 0 Å². The van der Waals surface area contributed by atoms with Crippen LogP contribution in [0, 0.1) is 5.82 Å². The summed E-state index contributed by atoms with van der Waals surface area (Å²) in [6, 6.07) is 8.01. The zero-order valence-corrected chi connectivity index (χ0v) is 10.4. The normalized spacial score (nSPS) is 12.2. The molecule has 2 rings (SSSR count). The summed E-state index contributed by atoms with van der Waals surface area (Å²) < 4.78 is 18.4. The number of ether oxygens (including phenoxy) is 1. The summed E-state index contributed by atoms with van der Waals surface area (Å²) in [7, 11) is 1.55. The van der Waals surface area contributed by atoms with E-state index in [1.165, 1.54) is 12.1 Å². The van der Waals surface area contributed by atoms with Crippen LogP contribution in [0.3, 0.4) is 0 Å². The first-order valence-corrected chi connectivity index (χ1v) is 5.67. The highest BCUT2D eigenvalue weighted by Gasteiger charge is 2.10. The molecule has 18 heavy (non-hydrogen) atoms. The predicted octanol–water partition coefficient (Wildman–Crippen LogP) is 2.92. The topological polar surface area (TPSA) is 48.1 Å². The lowest BCUT2D eigenvalue weighted by molar-refractivity contribution is 0.398. The molecular weight excluding hydrogens is 231 g/mol. The second-order valence-corrected chi connectivity index (χ2v) is 4.11. The van der Waals surface area contributed by atoms with Crippen molar-refractivity contribution in [2.75, 3.05) is 7.11 Å². The highest BCUT2D eigenvalue weighted by Crippen LogP contribution is 2.28. The molecular formula is C14H15FN2O. The van der Waals surface area contributed by atoms with E-state index in [0.29, 0.717) is 5.88 Å². The Bertz CT molecular complexity index is 538. The molecule has 3 nitrogen and oxygen atoms in total. The molecule has 0 saturated carbocycles. The molecule has 0 saturated heterocycles. The number of hydrogen-bond donors (Lipinski definition) is 1. The monoisotopic (exact) mass is 246 g/mol. The van der Waals surface area contributed by atoms with Crippen LogP contribution < -0.4 is 10.5 Å². The van der Waals surface area contributed by atoms with E-state index in [1.54, 1.807) is 25.4 Å². The molecule has 0 aliphatic rings. The average molecular weight is 246 g/mol. The van der Waals surface area contributed by atoms with Gasteiger partial charge in [0, 0.05) is 23.9 Å². The minimum atomic E-state index is -0.287. The van der Waals surface area contributed by atoms with Crippen LogP contribution in [-0.4, -0.2) is 12.1 Å². The molecule has 1 atom stereocenters. The Labute approximate surface area is 105 Å². The fourth-order valence-electron chi connectivity index (χ4n) is 1.84. The van der Waals surface area contributed by atoms with E-state index in [2.05, 4.69) is 4.98 Å². The van der Waals surface area contributed by atoms with Crippen molar-refractivity contribution in [1.82, 2.24) is 4.98 Å². The first-order valence-electron chi connectivity index (χ1n) is 5.67. The Balaban J connectivity index is 2.50. The highest BCUT2D eigenvalue weighted by molar-refractivity contribution is 5.67. The fourth-order valence-corrected chi connectivity index (χ4v) is 1.84. The number of aromatic nitrogens is 1. The van der Waals surface area contributed by atoms with Gasteiger partial charge in [0.15, 0.2) is 0 Å². The molecule has 94 valence electrons. The molecule has 1 heterocycles. The van der Waals surface area contributed by atoms with Crippen molar-refractivity contribution in [2.24, 2.45) is 5.73 Å². The predicted molar refractivity (Wildman–Crippen MR) is 68.8 cm³/mol. The third-order valence-corrected chi connectivity index (χ3v) is 2.76. The second-order valence-electron chi connectivity index (χ2n) is 4.11. The molecule has 1 aromatic heterocycles. The number of rotatable bonds is 3. The van der Waals surface area contributed by atoms with Crippen molar-refractivity contribution in [1.29, 1.82) is 0 Å². The summed E-state index contributed by atoms with van der Waals surface area (Å²) in [5.74, 6) is 0.239. The van der Waals surface area contributed by atoms with Crippen LogP contribution in [0.15, 0.2) is 36.5 Å². The van der Waals surface area contributed by atoms with E-state index >= 15 is 0 Å². The number of methoxy groups -OCH3 is 1. The Morgan fingerprint density at radius 2 is 2.06 bits per heavy atom. The van der Waals surface area contributed by atoms with E-state index in [-0.39, 0.29) is 11.9 Å². The fraction of sp³-hybridized carbons (Fsp3) is 0.214. The minimum Gasteiger partial charge on any atom is -0.481 e. The highest BCUT2D eigenvalue weighted by atomic mass is 19.1. The molecule has 0 bridgehead atoms. The largest absolute Gasteiger partial charge is 0.481 e. The van der Waals surface area contributed by atoms with Gasteiger partial charge in [0.1, 0.15) is 5.82 Å². The number of pyridine rings is 1. The van der Waals surface area contributed by atoms with Crippen LogP contribution in [0.5, 0.6) is 5.88 Å². The van der Waals surface area contributed by atoms with Crippen LogP contribution in [0.2, 0.25) is 0 Å². The van der Waals surface area contributed by atoms with Crippen LogP contribution in [0.1, 0.15) is 18.5 Å². The molecule has 2 aromatic rings. The summed E-state index contributed by atoms with van der Waals surface area (Å²) in [6.45, 7) is 1.87. The molecule has 0 aliphatic carbocycles. The van der Waals surface area contributed by atoms with Crippen LogP contribution >= 0.6 is 0 Å². The summed E-state index contributed by atoms with van der Waals surface area (Å²) >= 11 is 0. The third kappa shape index (κ3) is 2.49. The van der Waals surface area contributed by atoms with E-state index < -0.39 is 0 Å². The number of benzene rings is 1. The van der Waals surface area contributed by atoms with E-state index in [0.717, 1.165) is 16.7 Å². The van der Waals surface area contributed by atoms with Crippen LogP contribution in [0.25, 0.3) is 11.1 Å². The summed E-state index contributed by atoms with van der Waals surface area (Å²) in [5.41, 5.74) is 8.37. The maximum absolute atomic E-state index is 13.4. The van der Waals surface area contributed by atoms with Gasteiger partial charge in [0.2, 0.25) is 5.88 Å². The van der Waals surface area contributed by atoms with Gasteiger partial charge in [0.25, 0.3) is 0 Å². The van der Waals surface area contributed by atoms with E-state index in [4.69, 9.17) is 10.5 Å². The Hall–Kier alpha value is -1.94. The van der Waals surface area contributed by atoms with Crippen molar-refractivity contribution in [3.63, 3.8) is 0 Å². The van der Waals surface area contributed by atoms with Gasteiger partial charge in [-0.3, -0.25) is 0 Å². The molecule has 0 radical (unpaired) electrons. The first-order chi connectivity index (χ1) is 8.61. The Morgan fingerprint density at radius 3 is 2.61 bits per heavy atom. The maximum atomic E-state index is 13.4. The molecule has 1 aromatic carbocycles. The van der Waals surface area contributed by atoms with Crippen molar-refractivity contribution >= 4 is 0 Å². The summed E-state index contributed by atoms with van der Waals surface area (Å²) in [6.07, 6.45) is 1.65. The van der Waals surface area contributed by atoms with Gasteiger partial charge < -0.3 is 10.5 Å². The lowest BCUT2D eigenvalue weighted by atomic mass is 9.97. The quantitative estimate of drug-likeness (QED) is 0.905. The van der Waals surface area contributed by atoms with E-state index in [1.807, 2.05) is 13.0 Å². The molecule has 1 unspecified atom stereocenters. The molecule has 0 amide bonds. The van der Waals surface area contributed by atoms with Gasteiger partial charge in [-0.1, -0.05) is 6.07 Å². The number of hydrogen-bond acceptors (Lipinski definition) is 3. The molecule has 0 fully saturated rings. The summed E-state index contributed by atoms with van der Waals surface area (Å²) in [4.78, 5) is 4.12. The lowest BCUT2D eigenvalue weighted by Crippen LogP contribution is -2.07. The van der Waals surface area contributed by atoms with Gasteiger partial charge >= 0.3 is 0 Å². The van der Waals surface area contributed by atoms with Gasteiger partial charge in [-0.25, -0.2) is 9.37 Å². The van der Waals surface area contributed by atoms with Gasteiger partial charge in [-0.2, -0.15) is 0 Å². The second kappa shape index (κ2) is 5.14. The lowest BCUT2D eigenvalue weighted by Gasteiger charge is -2.13. The first kappa shape index (κ1) is 12.5. The smallest absolute Gasteiger partial charge is 0.212 e. The molecule has 2 N–H and O–H groups in total. The third-order valence-electron chi connectivity index (χ3n) is 2.76. The molecule has 4 heteroatoms. The number of nitrogens with two attached hydrogens (primary N) is 1. The van der Waals surface area contributed by atoms with Gasteiger partial charge in [-0.05, 0) is 36.2 Å².